The lowest BCUT2D eigenvalue weighted by molar-refractivity contribution is 0.0757. The summed E-state index contributed by atoms with van der Waals surface area (Å²) in [5.41, 5.74) is 1.87. The lowest BCUT2D eigenvalue weighted by atomic mass is 10.1. The van der Waals surface area contributed by atoms with Crippen molar-refractivity contribution in [2.75, 3.05) is 13.2 Å². The first-order chi connectivity index (χ1) is 11.0. The second kappa shape index (κ2) is 8.26. The van der Waals surface area contributed by atoms with E-state index in [0.29, 0.717) is 30.2 Å². The van der Waals surface area contributed by atoms with Crippen molar-refractivity contribution in [3.63, 3.8) is 0 Å². The molecule has 0 fully saturated rings. The third-order valence-corrected chi connectivity index (χ3v) is 3.74. The first-order valence-corrected chi connectivity index (χ1v) is 8.40. The Labute approximate surface area is 144 Å². The monoisotopic (exact) mass is 380 g/mol. The van der Waals surface area contributed by atoms with E-state index in [4.69, 9.17) is 9.26 Å². The normalized spacial score (nSPS) is 11.0. The zero-order valence-corrected chi connectivity index (χ0v) is 15.1. The van der Waals surface area contributed by atoms with Crippen LogP contribution in [-0.4, -0.2) is 30.3 Å². The van der Waals surface area contributed by atoms with Gasteiger partial charge in [0.05, 0.1) is 6.10 Å². The minimum atomic E-state index is -0.178. The topological polar surface area (TPSA) is 64.4 Å². The summed E-state index contributed by atoms with van der Waals surface area (Å²) in [4.78, 5) is 12.4. The first-order valence-electron chi connectivity index (χ1n) is 7.61. The van der Waals surface area contributed by atoms with Crippen molar-refractivity contribution in [2.24, 2.45) is 0 Å². The number of aryl methyl sites for hydroxylation is 1. The van der Waals surface area contributed by atoms with Crippen LogP contribution in [0.3, 0.4) is 0 Å². The van der Waals surface area contributed by atoms with Crippen molar-refractivity contribution in [3.8, 4) is 11.3 Å². The highest BCUT2D eigenvalue weighted by Crippen LogP contribution is 2.27. The van der Waals surface area contributed by atoms with Crippen molar-refractivity contribution >= 4 is 21.8 Å². The summed E-state index contributed by atoms with van der Waals surface area (Å²) in [7, 11) is 0. The smallest absolute Gasteiger partial charge is 0.257 e. The number of benzene rings is 1. The Bertz CT molecular complexity index is 668. The molecule has 1 heterocycles. The van der Waals surface area contributed by atoms with Gasteiger partial charge in [0.1, 0.15) is 17.0 Å². The van der Waals surface area contributed by atoms with Crippen molar-refractivity contribution in [1.29, 1.82) is 0 Å². The van der Waals surface area contributed by atoms with Crippen LogP contribution in [0, 0.1) is 6.92 Å². The second-order valence-corrected chi connectivity index (χ2v) is 6.42. The SMILES string of the molecule is Cc1onc(-c2cccc(Br)c2)c1C(=O)NCCCOC(C)C. The Morgan fingerprint density at radius 1 is 1.43 bits per heavy atom. The van der Waals surface area contributed by atoms with Crippen LogP contribution < -0.4 is 5.32 Å². The Kier molecular flexibility index (Phi) is 6.36. The number of rotatable bonds is 7. The number of carbonyl (C=O) groups excluding carboxylic acids is 1. The number of nitrogens with one attached hydrogen (secondary N) is 1. The van der Waals surface area contributed by atoms with E-state index in [1.54, 1.807) is 6.92 Å². The van der Waals surface area contributed by atoms with Gasteiger partial charge in [0.15, 0.2) is 0 Å². The fourth-order valence-corrected chi connectivity index (χ4v) is 2.55. The van der Waals surface area contributed by atoms with Gasteiger partial charge in [-0.15, -0.1) is 0 Å². The maximum absolute atomic E-state index is 12.4. The quantitative estimate of drug-likeness (QED) is 0.738. The van der Waals surface area contributed by atoms with E-state index in [1.165, 1.54) is 0 Å². The fraction of sp³-hybridized carbons (Fsp3) is 0.412. The molecule has 0 aliphatic rings. The van der Waals surface area contributed by atoms with Gasteiger partial charge in [-0.05, 0) is 39.3 Å². The van der Waals surface area contributed by atoms with Crippen molar-refractivity contribution in [1.82, 2.24) is 10.5 Å². The second-order valence-electron chi connectivity index (χ2n) is 5.50. The first kappa shape index (κ1) is 17.7. The van der Waals surface area contributed by atoms with Gasteiger partial charge >= 0.3 is 0 Å². The maximum Gasteiger partial charge on any atom is 0.257 e. The molecule has 0 unspecified atom stereocenters. The number of halogens is 1. The highest BCUT2D eigenvalue weighted by molar-refractivity contribution is 9.10. The summed E-state index contributed by atoms with van der Waals surface area (Å²) in [6.07, 6.45) is 0.967. The van der Waals surface area contributed by atoms with Crippen LogP contribution in [0.5, 0.6) is 0 Å². The van der Waals surface area contributed by atoms with Gasteiger partial charge < -0.3 is 14.6 Å². The van der Waals surface area contributed by atoms with E-state index in [0.717, 1.165) is 16.5 Å². The van der Waals surface area contributed by atoms with Crippen LogP contribution in [0.2, 0.25) is 0 Å². The Morgan fingerprint density at radius 3 is 2.91 bits per heavy atom. The predicted molar refractivity (Wildman–Crippen MR) is 92.4 cm³/mol. The summed E-state index contributed by atoms with van der Waals surface area (Å²) in [5, 5.41) is 6.93. The highest BCUT2D eigenvalue weighted by atomic mass is 79.9. The average molecular weight is 381 g/mol. The number of amides is 1. The number of hydrogen-bond acceptors (Lipinski definition) is 4. The lowest BCUT2D eigenvalue weighted by Crippen LogP contribution is -2.26. The Hall–Kier alpha value is -1.66. The lowest BCUT2D eigenvalue weighted by Gasteiger charge is -2.08. The van der Waals surface area contributed by atoms with E-state index in [9.17, 15) is 4.79 Å². The molecule has 1 N–H and O–H groups in total. The van der Waals surface area contributed by atoms with Gasteiger partial charge in [0, 0.05) is 23.2 Å². The van der Waals surface area contributed by atoms with Gasteiger partial charge in [0.2, 0.25) is 0 Å². The van der Waals surface area contributed by atoms with Crippen LogP contribution in [0.1, 0.15) is 36.4 Å². The van der Waals surface area contributed by atoms with Crippen molar-refractivity contribution in [3.05, 3.63) is 40.1 Å². The molecule has 1 aromatic carbocycles. The zero-order chi connectivity index (χ0) is 16.8. The fourth-order valence-electron chi connectivity index (χ4n) is 2.15. The van der Waals surface area contributed by atoms with Gasteiger partial charge in [-0.3, -0.25) is 4.79 Å². The van der Waals surface area contributed by atoms with E-state index in [1.807, 2.05) is 38.1 Å². The third-order valence-electron chi connectivity index (χ3n) is 3.25. The van der Waals surface area contributed by atoms with Gasteiger partial charge in [-0.1, -0.05) is 33.2 Å². The average Bonchev–Trinajstić information content (AvgIpc) is 2.88. The molecule has 0 radical (unpaired) electrons. The molecule has 0 spiro atoms. The van der Waals surface area contributed by atoms with E-state index in [-0.39, 0.29) is 12.0 Å². The molecule has 6 heteroatoms. The molecular formula is C17H21BrN2O3. The Morgan fingerprint density at radius 2 is 2.22 bits per heavy atom. The standard InChI is InChI=1S/C17H21BrN2O3/c1-11(2)22-9-5-8-19-17(21)15-12(3)23-20-16(15)13-6-4-7-14(18)10-13/h4,6-7,10-11H,5,8-9H2,1-3H3,(H,19,21). The van der Waals surface area contributed by atoms with Crippen molar-refractivity contribution < 1.29 is 14.1 Å². The molecule has 5 nitrogen and oxygen atoms in total. The highest BCUT2D eigenvalue weighted by Gasteiger charge is 2.21. The molecule has 1 aromatic heterocycles. The van der Waals surface area contributed by atoms with Gasteiger partial charge in [-0.2, -0.15) is 0 Å². The summed E-state index contributed by atoms with van der Waals surface area (Å²) in [6.45, 7) is 6.89. The number of nitrogens with zero attached hydrogens (tertiary/aromatic N) is 1. The largest absolute Gasteiger partial charge is 0.379 e. The summed E-state index contributed by atoms with van der Waals surface area (Å²) in [6, 6.07) is 7.62. The van der Waals surface area contributed by atoms with E-state index in [2.05, 4.69) is 26.4 Å². The molecule has 23 heavy (non-hydrogen) atoms. The molecule has 1 amide bonds. The number of carbonyl (C=O) groups is 1. The minimum absolute atomic E-state index is 0.178. The van der Waals surface area contributed by atoms with Crippen molar-refractivity contribution in [2.45, 2.75) is 33.3 Å². The van der Waals surface area contributed by atoms with Crippen LogP contribution >= 0.6 is 15.9 Å². The molecule has 2 aromatic rings. The Balaban J connectivity index is 2.05. The molecule has 0 bridgehead atoms. The molecular weight excluding hydrogens is 360 g/mol. The molecule has 0 atom stereocenters. The molecule has 0 saturated heterocycles. The van der Waals surface area contributed by atoms with Gasteiger partial charge in [-0.25, -0.2) is 0 Å². The summed E-state index contributed by atoms with van der Waals surface area (Å²) >= 11 is 3.43. The van der Waals surface area contributed by atoms with Crippen LogP contribution in [0.15, 0.2) is 33.3 Å². The molecule has 0 aliphatic heterocycles. The van der Waals surface area contributed by atoms with Crippen LogP contribution in [-0.2, 0) is 4.74 Å². The molecule has 0 saturated carbocycles. The summed E-state index contributed by atoms with van der Waals surface area (Å²) < 4.78 is 11.6. The molecule has 0 aliphatic carbocycles. The molecule has 2 rings (SSSR count). The zero-order valence-electron chi connectivity index (χ0n) is 13.6. The third kappa shape index (κ3) is 4.91. The number of hydrogen-bond donors (Lipinski definition) is 1. The van der Waals surface area contributed by atoms with Gasteiger partial charge in [0.25, 0.3) is 5.91 Å². The molecule has 124 valence electrons. The number of aromatic nitrogens is 1. The van der Waals surface area contributed by atoms with E-state index < -0.39 is 0 Å². The summed E-state index contributed by atoms with van der Waals surface area (Å²) in [5.74, 6) is 0.333. The van der Waals surface area contributed by atoms with E-state index >= 15 is 0 Å². The van der Waals surface area contributed by atoms with Crippen LogP contribution in [0.4, 0.5) is 0 Å². The maximum atomic E-state index is 12.4. The number of ether oxygens (including phenoxy) is 1. The van der Waals surface area contributed by atoms with Crippen LogP contribution in [0.25, 0.3) is 11.3 Å². The minimum Gasteiger partial charge on any atom is -0.379 e. The predicted octanol–water partition coefficient (Wildman–Crippen LogP) is 3.96.